The predicted molar refractivity (Wildman–Crippen MR) is 111 cm³/mol. The normalized spacial score (nSPS) is 16.3. The number of anilines is 1. The number of aryl methyl sites for hydroxylation is 3. The van der Waals surface area contributed by atoms with Gasteiger partial charge in [0.15, 0.2) is 0 Å². The molecule has 1 N–H and O–H groups in total. The first-order chi connectivity index (χ1) is 12.7. The zero-order valence-corrected chi connectivity index (χ0v) is 17.8. The van der Waals surface area contributed by atoms with Crippen molar-refractivity contribution in [2.24, 2.45) is 0 Å². The maximum atomic E-state index is 12.8. The Morgan fingerprint density at radius 2 is 1.63 bits per heavy atom. The molecular formula is C22H35N3O2. The lowest BCUT2D eigenvalue weighted by Gasteiger charge is -2.35. The third-order valence-corrected chi connectivity index (χ3v) is 5.82. The van der Waals surface area contributed by atoms with Gasteiger partial charge in [-0.05, 0) is 58.7 Å². The number of hydrogen-bond donors (Lipinski definition) is 1. The molecule has 0 spiro atoms. The van der Waals surface area contributed by atoms with Gasteiger partial charge in [0, 0.05) is 18.8 Å². The Labute approximate surface area is 164 Å². The number of hydrogen-bond acceptors (Lipinski definition) is 3. The molecule has 1 aromatic carbocycles. The van der Waals surface area contributed by atoms with E-state index in [4.69, 9.17) is 0 Å². The van der Waals surface area contributed by atoms with Crippen LogP contribution in [0.5, 0.6) is 0 Å². The van der Waals surface area contributed by atoms with Crippen LogP contribution in [-0.2, 0) is 9.59 Å². The first-order valence-electron chi connectivity index (χ1n) is 10.0. The van der Waals surface area contributed by atoms with Crippen LogP contribution >= 0.6 is 0 Å². The monoisotopic (exact) mass is 373 g/mol. The van der Waals surface area contributed by atoms with E-state index in [-0.39, 0.29) is 24.4 Å². The number of benzene rings is 1. The minimum absolute atomic E-state index is 0.0903. The topological polar surface area (TPSA) is 52.7 Å². The van der Waals surface area contributed by atoms with Gasteiger partial charge in [-0.1, -0.05) is 37.0 Å². The molecule has 0 heterocycles. The molecule has 0 radical (unpaired) electrons. The lowest BCUT2D eigenvalue weighted by atomic mass is 9.94. The van der Waals surface area contributed by atoms with Gasteiger partial charge in [-0.25, -0.2) is 0 Å². The summed E-state index contributed by atoms with van der Waals surface area (Å²) in [6.07, 6.45) is 5.84. The van der Waals surface area contributed by atoms with Gasteiger partial charge in [0.05, 0.1) is 12.6 Å². The van der Waals surface area contributed by atoms with E-state index in [9.17, 15) is 9.59 Å². The quantitative estimate of drug-likeness (QED) is 0.828. The number of amides is 2. The van der Waals surface area contributed by atoms with Crippen molar-refractivity contribution in [3.8, 4) is 0 Å². The number of likely N-dealkylation sites (N-methyl/N-ethyl adjacent to an activating group) is 2. The van der Waals surface area contributed by atoms with Crippen LogP contribution in [0.1, 0.15) is 55.7 Å². The third-order valence-electron chi connectivity index (χ3n) is 5.82. The molecule has 5 heteroatoms. The fraction of sp³-hybridized carbons (Fsp3) is 0.636. The van der Waals surface area contributed by atoms with Crippen molar-refractivity contribution in [2.45, 2.75) is 71.9 Å². The van der Waals surface area contributed by atoms with Crippen molar-refractivity contribution in [1.82, 2.24) is 9.80 Å². The Bertz CT molecular complexity index is 657. The van der Waals surface area contributed by atoms with E-state index in [1.165, 1.54) is 24.8 Å². The first-order valence-corrected chi connectivity index (χ1v) is 10.0. The van der Waals surface area contributed by atoms with Crippen LogP contribution in [0, 0.1) is 20.8 Å². The van der Waals surface area contributed by atoms with Gasteiger partial charge in [-0.3, -0.25) is 14.5 Å². The maximum Gasteiger partial charge on any atom is 0.239 e. The molecule has 1 saturated carbocycles. The van der Waals surface area contributed by atoms with Crippen molar-refractivity contribution in [2.75, 3.05) is 26.0 Å². The van der Waals surface area contributed by atoms with E-state index >= 15 is 0 Å². The smallest absolute Gasteiger partial charge is 0.239 e. The van der Waals surface area contributed by atoms with Crippen LogP contribution < -0.4 is 5.32 Å². The standard InChI is InChI=1S/C22H35N3O2/c1-15-12-16(2)21(17(3)13-15)23-20(26)14-24(5)18(4)22(27)25(6)19-10-8-7-9-11-19/h12-13,18-19H,7-11,14H2,1-6H3,(H,23,26)/t18-/m1/s1. The van der Waals surface area contributed by atoms with Gasteiger partial charge in [-0.2, -0.15) is 0 Å². The molecule has 0 bridgehead atoms. The maximum absolute atomic E-state index is 12.8. The summed E-state index contributed by atoms with van der Waals surface area (Å²) in [6.45, 7) is 8.14. The minimum Gasteiger partial charge on any atom is -0.341 e. The Hall–Kier alpha value is -1.88. The molecule has 0 aliphatic heterocycles. The zero-order chi connectivity index (χ0) is 20.1. The summed E-state index contributed by atoms with van der Waals surface area (Å²) >= 11 is 0. The Morgan fingerprint density at radius 1 is 1.07 bits per heavy atom. The summed E-state index contributed by atoms with van der Waals surface area (Å²) in [5.74, 6) is 0.00687. The van der Waals surface area contributed by atoms with E-state index in [2.05, 4.69) is 24.4 Å². The van der Waals surface area contributed by atoms with E-state index in [0.29, 0.717) is 6.04 Å². The molecular weight excluding hydrogens is 338 g/mol. The van der Waals surface area contributed by atoms with Crippen LogP contribution in [0.2, 0.25) is 0 Å². The van der Waals surface area contributed by atoms with E-state index in [0.717, 1.165) is 29.7 Å². The SMILES string of the molecule is Cc1cc(C)c(NC(=O)CN(C)[C@H](C)C(=O)N(C)C2CCCCC2)c(C)c1. The van der Waals surface area contributed by atoms with Crippen molar-refractivity contribution in [3.63, 3.8) is 0 Å². The summed E-state index contributed by atoms with van der Waals surface area (Å²) in [5.41, 5.74) is 4.18. The fourth-order valence-electron chi connectivity index (χ4n) is 4.05. The zero-order valence-electron chi connectivity index (χ0n) is 17.8. The highest BCUT2D eigenvalue weighted by Crippen LogP contribution is 2.23. The molecule has 0 aromatic heterocycles. The molecule has 27 heavy (non-hydrogen) atoms. The number of nitrogens with zero attached hydrogens (tertiary/aromatic N) is 2. The average molecular weight is 374 g/mol. The van der Waals surface area contributed by atoms with Gasteiger partial charge in [-0.15, -0.1) is 0 Å². The van der Waals surface area contributed by atoms with Crippen LogP contribution in [0.15, 0.2) is 12.1 Å². The van der Waals surface area contributed by atoms with Gasteiger partial charge < -0.3 is 10.2 Å². The predicted octanol–water partition coefficient (Wildman–Crippen LogP) is 3.66. The van der Waals surface area contributed by atoms with Crippen molar-refractivity contribution in [3.05, 3.63) is 28.8 Å². The Balaban J connectivity index is 1.94. The van der Waals surface area contributed by atoms with Crippen molar-refractivity contribution < 1.29 is 9.59 Å². The molecule has 0 saturated heterocycles. The molecule has 2 amide bonds. The molecule has 5 nitrogen and oxygen atoms in total. The lowest BCUT2D eigenvalue weighted by Crippen LogP contribution is -2.49. The second kappa shape index (κ2) is 9.36. The molecule has 1 aliphatic carbocycles. The number of rotatable bonds is 6. The van der Waals surface area contributed by atoms with Gasteiger partial charge in [0.2, 0.25) is 11.8 Å². The Morgan fingerprint density at radius 3 is 2.19 bits per heavy atom. The van der Waals surface area contributed by atoms with Crippen LogP contribution in [-0.4, -0.2) is 54.3 Å². The summed E-state index contributed by atoms with van der Waals surface area (Å²) in [5, 5.41) is 3.02. The highest BCUT2D eigenvalue weighted by Gasteiger charge is 2.28. The van der Waals surface area contributed by atoms with Crippen LogP contribution in [0.25, 0.3) is 0 Å². The van der Waals surface area contributed by atoms with Crippen LogP contribution in [0.3, 0.4) is 0 Å². The number of carbonyl (C=O) groups is 2. The molecule has 1 aliphatic rings. The molecule has 1 atom stereocenters. The van der Waals surface area contributed by atoms with Gasteiger partial charge in [0.25, 0.3) is 0 Å². The summed E-state index contributed by atoms with van der Waals surface area (Å²) in [4.78, 5) is 29.1. The summed E-state index contributed by atoms with van der Waals surface area (Å²) in [7, 11) is 3.74. The second-order valence-electron chi connectivity index (χ2n) is 8.15. The third kappa shape index (κ3) is 5.55. The number of carbonyl (C=O) groups excluding carboxylic acids is 2. The largest absolute Gasteiger partial charge is 0.341 e. The molecule has 1 fully saturated rings. The van der Waals surface area contributed by atoms with E-state index < -0.39 is 0 Å². The highest BCUT2D eigenvalue weighted by atomic mass is 16.2. The fourth-order valence-corrected chi connectivity index (χ4v) is 4.05. The van der Waals surface area contributed by atoms with Crippen molar-refractivity contribution in [1.29, 1.82) is 0 Å². The van der Waals surface area contributed by atoms with Gasteiger partial charge in [0.1, 0.15) is 0 Å². The van der Waals surface area contributed by atoms with E-state index in [1.54, 1.807) is 0 Å². The summed E-state index contributed by atoms with van der Waals surface area (Å²) < 4.78 is 0. The number of nitrogens with one attached hydrogen (secondary N) is 1. The van der Waals surface area contributed by atoms with Crippen LogP contribution in [0.4, 0.5) is 5.69 Å². The Kier molecular flexibility index (Phi) is 7.42. The summed E-state index contributed by atoms with van der Waals surface area (Å²) in [6, 6.07) is 4.16. The molecule has 1 aromatic rings. The first kappa shape index (κ1) is 21.4. The van der Waals surface area contributed by atoms with E-state index in [1.807, 2.05) is 44.7 Å². The second-order valence-corrected chi connectivity index (χ2v) is 8.15. The average Bonchev–Trinajstić information content (AvgIpc) is 2.63. The lowest BCUT2D eigenvalue weighted by molar-refractivity contribution is -0.137. The van der Waals surface area contributed by atoms with Gasteiger partial charge >= 0.3 is 0 Å². The minimum atomic E-state index is -0.317. The molecule has 150 valence electrons. The van der Waals surface area contributed by atoms with Crippen molar-refractivity contribution >= 4 is 17.5 Å². The molecule has 2 rings (SSSR count). The molecule has 0 unspecified atom stereocenters. The highest BCUT2D eigenvalue weighted by molar-refractivity contribution is 5.94.